The number of hydrogen-bond acceptors (Lipinski definition) is 5. The number of amides is 2. The molecule has 0 unspecified atom stereocenters. The maximum atomic E-state index is 12.6. The summed E-state index contributed by atoms with van der Waals surface area (Å²) in [4.78, 5) is 41.3. The summed E-state index contributed by atoms with van der Waals surface area (Å²) in [7, 11) is 0. The Hall–Kier alpha value is -2.35. The van der Waals surface area contributed by atoms with E-state index < -0.39 is 5.97 Å². The fourth-order valence-corrected chi connectivity index (χ4v) is 4.28. The lowest BCUT2D eigenvalue weighted by Crippen LogP contribution is -2.49. The molecule has 0 radical (unpaired) electrons. The summed E-state index contributed by atoms with van der Waals surface area (Å²) < 4.78 is 5.23. The van der Waals surface area contributed by atoms with Crippen LogP contribution in [0.5, 0.6) is 0 Å². The summed E-state index contributed by atoms with van der Waals surface area (Å²) in [6.45, 7) is 6.73. The molecule has 8 heteroatoms. The van der Waals surface area contributed by atoms with Gasteiger partial charge in [0.1, 0.15) is 0 Å². The third-order valence-electron chi connectivity index (χ3n) is 5.98. The van der Waals surface area contributed by atoms with Crippen molar-refractivity contribution in [2.75, 3.05) is 45.8 Å². The lowest BCUT2D eigenvalue weighted by molar-refractivity contribution is -0.139. The number of carboxylic acids is 1. The number of likely N-dealkylation sites (tertiary alicyclic amines) is 1. The van der Waals surface area contributed by atoms with Gasteiger partial charge in [-0.1, -0.05) is 0 Å². The first-order valence-corrected chi connectivity index (χ1v) is 9.96. The SMILES string of the molecule is CC(=O)N1CCN(CC[C@@H]2CN(C(=O)c3ccco3)CC[C@H]2CC(=O)O)CC1. The first-order valence-electron chi connectivity index (χ1n) is 9.96. The van der Waals surface area contributed by atoms with Gasteiger partial charge in [-0.3, -0.25) is 19.3 Å². The van der Waals surface area contributed by atoms with Crippen LogP contribution in [0, 0.1) is 11.8 Å². The second-order valence-corrected chi connectivity index (χ2v) is 7.77. The van der Waals surface area contributed by atoms with E-state index in [9.17, 15) is 19.5 Å². The molecule has 2 atom stereocenters. The van der Waals surface area contributed by atoms with Crippen molar-refractivity contribution in [1.82, 2.24) is 14.7 Å². The van der Waals surface area contributed by atoms with Crippen molar-refractivity contribution < 1.29 is 23.9 Å². The molecule has 0 aromatic carbocycles. The molecule has 2 fully saturated rings. The van der Waals surface area contributed by atoms with Crippen LogP contribution < -0.4 is 0 Å². The summed E-state index contributed by atoms with van der Waals surface area (Å²) in [6, 6.07) is 3.36. The molecule has 1 aromatic rings. The maximum absolute atomic E-state index is 12.6. The van der Waals surface area contributed by atoms with Crippen LogP contribution in [-0.4, -0.2) is 83.4 Å². The number of carbonyl (C=O) groups excluding carboxylic acids is 2. The van der Waals surface area contributed by atoms with E-state index >= 15 is 0 Å². The summed E-state index contributed by atoms with van der Waals surface area (Å²) in [5.74, 6) is -0.239. The van der Waals surface area contributed by atoms with Crippen molar-refractivity contribution in [2.24, 2.45) is 11.8 Å². The zero-order chi connectivity index (χ0) is 20.1. The number of aliphatic carboxylic acids is 1. The predicted molar refractivity (Wildman–Crippen MR) is 102 cm³/mol. The van der Waals surface area contributed by atoms with Crippen LogP contribution in [-0.2, 0) is 9.59 Å². The number of piperidine rings is 1. The number of piperazine rings is 1. The van der Waals surface area contributed by atoms with Gasteiger partial charge in [0, 0.05) is 52.6 Å². The minimum atomic E-state index is -0.782. The maximum Gasteiger partial charge on any atom is 0.303 e. The van der Waals surface area contributed by atoms with Gasteiger partial charge in [0.2, 0.25) is 5.91 Å². The second kappa shape index (κ2) is 9.23. The molecule has 154 valence electrons. The Labute approximate surface area is 165 Å². The smallest absolute Gasteiger partial charge is 0.303 e. The van der Waals surface area contributed by atoms with Crippen LogP contribution >= 0.6 is 0 Å². The number of furan rings is 1. The average molecular weight is 391 g/mol. The van der Waals surface area contributed by atoms with E-state index in [4.69, 9.17) is 4.42 Å². The van der Waals surface area contributed by atoms with Gasteiger partial charge < -0.3 is 19.3 Å². The lowest BCUT2D eigenvalue weighted by Gasteiger charge is -2.40. The number of carbonyl (C=O) groups is 3. The van der Waals surface area contributed by atoms with Gasteiger partial charge in [-0.05, 0) is 43.4 Å². The number of rotatable bonds is 6. The molecule has 0 bridgehead atoms. The third-order valence-corrected chi connectivity index (χ3v) is 5.98. The van der Waals surface area contributed by atoms with Crippen LogP contribution in [0.1, 0.15) is 36.7 Å². The molecular formula is C20H29N3O5. The van der Waals surface area contributed by atoms with Gasteiger partial charge in [-0.15, -0.1) is 0 Å². The number of nitrogens with zero attached hydrogens (tertiary/aromatic N) is 3. The van der Waals surface area contributed by atoms with Crippen molar-refractivity contribution in [1.29, 1.82) is 0 Å². The van der Waals surface area contributed by atoms with Gasteiger partial charge in [0.25, 0.3) is 5.91 Å². The molecule has 2 aliphatic heterocycles. The molecule has 0 aliphatic carbocycles. The minimum Gasteiger partial charge on any atom is -0.481 e. The Kier molecular flexibility index (Phi) is 6.72. The molecule has 2 saturated heterocycles. The highest BCUT2D eigenvalue weighted by atomic mass is 16.4. The topological polar surface area (TPSA) is 94.3 Å². The zero-order valence-corrected chi connectivity index (χ0v) is 16.4. The molecule has 8 nitrogen and oxygen atoms in total. The van der Waals surface area contributed by atoms with Crippen LogP contribution in [0.4, 0.5) is 0 Å². The van der Waals surface area contributed by atoms with Crippen LogP contribution in [0.3, 0.4) is 0 Å². The van der Waals surface area contributed by atoms with Gasteiger partial charge >= 0.3 is 5.97 Å². The lowest BCUT2D eigenvalue weighted by atomic mass is 9.81. The summed E-state index contributed by atoms with van der Waals surface area (Å²) >= 11 is 0. The molecule has 1 aromatic heterocycles. The first-order chi connectivity index (χ1) is 13.4. The van der Waals surface area contributed by atoms with Crippen LogP contribution in [0.25, 0.3) is 0 Å². The highest BCUT2D eigenvalue weighted by Crippen LogP contribution is 2.30. The van der Waals surface area contributed by atoms with Crippen molar-refractivity contribution >= 4 is 17.8 Å². The zero-order valence-electron chi connectivity index (χ0n) is 16.4. The fourth-order valence-electron chi connectivity index (χ4n) is 4.28. The summed E-state index contributed by atoms with van der Waals surface area (Å²) in [6.07, 6.45) is 3.18. The van der Waals surface area contributed by atoms with E-state index in [1.165, 1.54) is 6.26 Å². The van der Waals surface area contributed by atoms with E-state index in [2.05, 4.69) is 4.90 Å². The largest absolute Gasteiger partial charge is 0.481 e. The molecule has 2 amide bonds. The van der Waals surface area contributed by atoms with E-state index in [-0.39, 0.29) is 30.1 Å². The monoisotopic (exact) mass is 391 g/mol. The minimum absolute atomic E-state index is 0.0802. The molecule has 2 aliphatic rings. The summed E-state index contributed by atoms with van der Waals surface area (Å²) in [5, 5.41) is 9.26. The molecule has 3 rings (SSSR count). The highest BCUT2D eigenvalue weighted by molar-refractivity contribution is 5.91. The van der Waals surface area contributed by atoms with E-state index in [0.717, 1.165) is 39.1 Å². The Morgan fingerprint density at radius 3 is 2.46 bits per heavy atom. The van der Waals surface area contributed by atoms with Crippen molar-refractivity contribution in [2.45, 2.75) is 26.2 Å². The normalized spacial score (nSPS) is 23.6. The molecule has 28 heavy (non-hydrogen) atoms. The van der Waals surface area contributed by atoms with Crippen LogP contribution in [0.15, 0.2) is 22.8 Å². The molecule has 0 spiro atoms. The van der Waals surface area contributed by atoms with E-state index in [1.807, 2.05) is 4.90 Å². The van der Waals surface area contributed by atoms with E-state index in [0.29, 0.717) is 25.3 Å². The van der Waals surface area contributed by atoms with Crippen molar-refractivity contribution in [3.8, 4) is 0 Å². The molecule has 1 N–H and O–H groups in total. The Morgan fingerprint density at radius 2 is 1.86 bits per heavy atom. The van der Waals surface area contributed by atoms with Gasteiger partial charge in [-0.2, -0.15) is 0 Å². The Bertz CT molecular complexity index is 682. The van der Waals surface area contributed by atoms with Crippen molar-refractivity contribution in [3.63, 3.8) is 0 Å². The Balaban J connectivity index is 1.57. The van der Waals surface area contributed by atoms with Crippen LogP contribution in [0.2, 0.25) is 0 Å². The average Bonchev–Trinajstić information content (AvgIpc) is 3.21. The second-order valence-electron chi connectivity index (χ2n) is 7.77. The Morgan fingerprint density at radius 1 is 1.11 bits per heavy atom. The highest BCUT2D eigenvalue weighted by Gasteiger charge is 2.34. The van der Waals surface area contributed by atoms with E-state index in [1.54, 1.807) is 24.0 Å². The quantitative estimate of drug-likeness (QED) is 0.788. The van der Waals surface area contributed by atoms with Gasteiger partial charge in [0.15, 0.2) is 5.76 Å². The first kappa shape index (κ1) is 20.4. The fraction of sp³-hybridized carbons (Fsp3) is 0.650. The number of hydrogen-bond donors (Lipinski definition) is 1. The van der Waals surface area contributed by atoms with Gasteiger partial charge in [-0.25, -0.2) is 0 Å². The van der Waals surface area contributed by atoms with Crippen molar-refractivity contribution in [3.05, 3.63) is 24.2 Å². The molecule has 3 heterocycles. The summed E-state index contributed by atoms with van der Waals surface area (Å²) in [5.41, 5.74) is 0. The third kappa shape index (κ3) is 5.13. The molecular weight excluding hydrogens is 362 g/mol. The molecule has 0 saturated carbocycles. The predicted octanol–water partition coefficient (Wildman–Crippen LogP) is 1.39. The number of carboxylic acid groups (broad SMARTS) is 1. The standard InChI is InChI=1S/C20H29N3O5/c1-15(24)22-10-8-21(9-11-22)6-4-17-14-23(7-5-16(17)13-19(25)26)20(27)18-3-2-12-28-18/h2-3,12,16-17H,4-11,13-14H2,1H3,(H,25,26)/t16-,17+/m0/s1. The van der Waals surface area contributed by atoms with Gasteiger partial charge in [0.05, 0.1) is 6.26 Å².